The van der Waals surface area contributed by atoms with Crippen LogP contribution in [0.25, 0.3) is 0 Å². The second-order valence-electron chi connectivity index (χ2n) is 4.91. The highest BCUT2D eigenvalue weighted by molar-refractivity contribution is 4.99. The number of hydrogen-bond donors (Lipinski definition) is 1. The molecule has 2 unspecified atom stereocenters. The quantitative estimate of drug-likeness (QED) is 0.632. The van der Waals surface area contributed by atoms with Gasteiger partial charge in [0.2, 0.25) is 0 Å². The minimum absolute atomic E-state index is 0.0225. The monoisotopic (exact) mass is 170 g/mol. The summed E-state index contributed by atoms with van der Waals surface area (Å²) in [6.45, 7) is 12.4. The standard InChI is InChI=1S/C11H22O/c1-8(2)7-9(3)10(12)11(4,5)6/h7,9-10,12H,1-6H3. The summed E-state index contributed by atoms with van der Waals surface area (Å²) in [6, 6.07) is 0. The van der Waals surface area contributed by atoms with Crippen LogP contribution in [0.5, 0.6) is 0 Å². The Balaban J connectivity index is 4.30. The van der Waals surface area contributed by atoms with E-state index < -0.39 is 0 Å². The predicted octanol–water partition coefficient (Wildman–Crippen LogP) is 3.00. The molecule has 0 aromatic rings. The fourth-order valence-corrected chi connectivity index (χ4v) is 1.41. The molecule has 0 saturated carbocycles. The molecule has 1 nitrogen and oxygen atoms in total. The second kappa shape index (κ2) is 4.08. The van der Waals surface area contributed by atoms with Crippen LogP contribution in [0.3, 0.4) is 0 Å². The van der Waals surface area contributed by atoms with Crippen molar-refractivity contribution >= 4 is 0 Å². The van der Waals surface area contributed by atoms with E-state index in [-0.39, 0.29) is 17.4 Å². The van der Waals surface area contributed by atoms with Gasteiger partial charge in [0, 0.05) is 5.92 Å². The molecule has 72 valence electrons. The third kappa shape index (κ3) is 3.91. The number of rotatable bonds is 2. The van der Waals surface area contributed by atoms with E-state index in [9.17, 15) is 5.11 Å². The molecule has 0 aliphatic rings. The van der Waals surface area contributed by atoms with Gasteiger partial charge in [0.05, 0.1) is 6.10 Å². The highest BCUT2D eigenvalue weighted by atomic mass is 16.3. The van der Waals surface area contributed by atoms with Crippen LogP contribution in [-0.2, 0) is 0 Å². The largest absolute Gasteiger partial charge is 0.392 e. The molecular weight excluding hydrogens is 148 g/mol. The number of allylic oxidation sites excluding steroid dienone is 1. The molecule has 0 saturated heterocycles. The molecule has 0 heterocycles. The van der Waals surface area contributed by atoms with Gasteiger partial charge in [-0.1, -0.05) is 39.3 Å². The fraction of sp³-hybridized carbons (Fsp3) is 0.818. The average molecular weight is 170 g/mol. The first-order chi connectivity index (χ1) is 5.25. The first-order valence-corrected chi connectivity index (χ1v) is 4.58. The first-order valence-electron chi connectivity index (χ1n) is 4.58. The topological polar surface area (TPSA) is 20.2 Å². The Labute approximate surface area is 76.5 Å². The molecule has 0 aromatic carbocycles. The summed E-state index contributed by atoms with van der Waals surface area (Å²) in [4.78, 5) is 0. The van der Waals surface area contributed by atoms with E-state index in [0.29, 0.717) is 0 Å². The lowest BCUT2D eigenvalue weighted by Gasteiger charge is -2.29. The molecule has 0 bridgehead atoms. The van der Waals surface area contributed by atoms with Gasteiger partial charge in [0.15, 0.2) is 0 Å². The normalized spacial score (nSPS) is 16.9. The average Bonchev–Trinajstić information content (AvgIpc) is 1.82. The Morgan fingerprint density at radius 3 is 1.92 bits per heavy atom. The summed E-state index contributed by atoms with van der Waals surface area (Å²) in [7, 11) is 0. The smallest absolute Gasteiger partial charge is 0.0648 e. The van der Waals surface area contributed by atoms with Crippen molar-refractivity contribution < 1.29 is 5.11 Å². The fourth-order valence-electron chi connectivity index (χ4n) is 1.41. The maximum Gasteiger partial charge on any atom is 0.0648 e. The number of hydrogen-bond acceptors (Lipinski definition) is 1. The van der Waals surface area contributed by atoms with Crippen LogP contribution in [0.1, 0.15) is 41.5 Å². The lowest BCUT2D eigenvalue weighted by atomic mass is 9.81. The molecule has 0 spiro atoms. The van der Waals surface area contributed by atoms with E-state index in [1.54, 1.807) is 0 Å². The van der Waals surface area contributed by atoms with Crippen molar-refractivity contribution in [1.29, 1.82) is 0 Å². The zero-order chi connectivity index (χ0) is 9.94. The molecule has 2 atom stereocenters. The van der Waals surface area contributed by atoms with Gasteiger partial charge in [-0.3, -0.25) is 0 Å². The maximum absolute atomic E-state index is 9.86. The van der Waals surface area contributed by atoms with Gasteiger partial charge in [-0.05, 0) is 19.3 Å². The van der Waals surface area contributed by atoms with Gasteiger partial charge in [-0.15, -0.1) is 0 Å². The highest BCUT2D eigenvalue weighted by Gasteiger charge is 2.25. The molecule has 1 heteroatoms. The van der Waals surface area contributed by atoms with E-state index in [0.717, 1.165) is 0 Å². The van der Waals surface area contributed by atoms with Crippen LogP contribution < -0.4 is 0 Å². The third-order valence-corrected chi connectivity index (χ3v) is 1.98. The van der Waals surface area contributed by atoms with E-state index in [2.05, 4.69) is 47.6 Å². The van der Waals surface area contributed by atoms with Crippen molar-refractivity contribution in [3.05, 3.63) is 11.6 Å². The van der Waals surface area contributed by atoms with E-state index in [1.807, 2.05) is 0 Å². The molecule has 12 heavy (non-hydrogen) atoms. The second-order valence-corrected chi connectivity index (χ2v) is 4.91. The first kappa shape index (κ1) is 11.7. The van der Waals surface area contributed by atoms with Crippen LogP contribution in [0.15, 0.2) is 11.6 Å². The third-order valence-electron chi connectivity index (χ3n) is 1.98. The van der Waals surface area contributed by atoms with Crippen molar-refractivity contribution in [2.75, 3.05) is 0 Å². The van der Waals surface area contributed by atoms with Crippen LogP contribution >= 0.6 is 0 Å². The molecule has 0 aromatic heterocycles. The van der Waals surface area contributed by atoms with Gasteiger partial charge in [0.1, 0.15) is 0 Å². The molecule has 0 rings (SSSR count). The highest BCUT2D eigenvalue weighted by Crippen LogP contribution is 2.26. The summed E-state index contributed by atoms with van der Waals surface area (Å²) in [5.74, 6) is 0.245. The minimum Gasteiger partial charge on any atom is -0.392 e. The zero-order valence-corrected chi connectivity index (χ0v) is 9.18. The molecule has 1 N–H and O–H groups in total. The minimum atomic E-state index is -0.257. The van der Waals surface area contributed by atoms with Crippen molar-refractivity contribution in [3.63, 3.8) is 0 Å². The summed E-state index contributed by atoms with van der Waals surface area (Å²) >= 11 is 0. The van der Waals surface area contributed by atoms with Gasteiger partial charge in [0.25, 0.3) is 0 Å². The van der Waals surface area contributed by atoms with Crippen molar-refractivity contribution in [2.45, 2.75) is 47.6 Å². The Kier molecular flexibility index (Phi) is 3.98. The van der Waals surface area contributed by atoms with Gasteiger partial charge < -0.3 is 5.11 Å². The van der Waals surface area contributed by atoms with E-state index >= 15 is 0 Å². The molecule has 0 radical (unpaired) electrons. The molecule has 0 aliphatic carbocycles. The summed E-state index contributed by atoms with van der Waals surface area (Å²) in [6.07, 6.45) is 1.86. The van der Waals surface area contributed by atoms with Crippen molar-refractivity contribution in [1.82, 2.24) is 0 Å². The summed E-state index contributed by atoms with van der Waals surface area (Å²) < 4.78 is 0. The van der Waals surface area contributed by atoms with Crippen molar-refractivity contribution in [3.8, 4) is 0 Å². The zero-order valence-electron chi connectivity index (χ0n) is 9.18. The molecule has 0 fully saturated rings. The maximum atomic E-state index is 9.86. The molecule has 0 amide bonds. The van der Waals surface area contributed by atoms with Gasteiger partial charge in [-0.25, -0.2) is 0 Å². The summed E-state index contributed by atoms with van der Waals surface area (Å²) in [5, 5.41) is 9.86. The van der Waals surface area contributed by atoms with Crippen LogP contribution in [0.2, 0.25) is 0 Å². The Morgan fingerprint density at radius 1 is 1.25 bits per heavy atom. The molecule has 0 aliphatic heterocycles. The van der Waals surface area contributed by atoms with E-state index in [4.69, 9.17) is 0 Å². The van der Waals surface area contributed by atoms with E-state index in [1.165, 1.54) is 5.57 Å². The van der Waals surface area contributed by atoms with Gasteiger partial charge >= 0.3 is 0 Å². The van der Waals surface area contributed by atoms with Gasteiger partial charge in [-0.2, -0.15) is 0 Å². The Hall–Kier alpha value is -0.300. The Morgan fingerprint density at radius 2 is 1.67 bits per heavy atom. The Bertz CT molecular complexity index is 158. The van der Waals surface area contributed by atoms with Crippen LogP contribution in [-0.4, -0.2) is 11.2 Å². The number of aliphatic hydroxyl groups is 1. The summed E-state index contributed by atoms with van der Waals surface area (Å²) in [5.41, 5.74) is 1.25. The molecular formula is C11H22O. The predicted molar refractivity (Wildman–Crippen MR) is 54.1 cm³/mol. The SMILES string of the molecule is CC(C)=CC(C)C(O)C(C)(C)C. The number of aliphatic hydroxyl groups excluding tert-OH is 1. The van der Waals surface area contributed by atoms with Crippen LogP contribution in [0, 0.1) is 11.3 Å². The van der Waals surface area contributed by atoms with Crippen LogP contribution in [0.4, 0.5) is 0 Å². The lowest BCUT2D eigenvalue weighted by Crippen LogP contribution is -2.31. The van der Waals surface area contributed by atoms with Crippen molar-refractivity contribution in [2.24, 2.45) is 11.3 Å². The lowest BCUT2D eigenvalue weighted by molar-refractivity contribution is 0.0336.